The Morgan fingerprint density at radius 1 is 1.41 bits per heavy atom. The Balaban J connectivity index is 2.07. The molecule has 1 heterocycles. The van der Waals surface area contributed by atoms with E-state index in [1.54, 1.807) is 0 Å². The molecule has 0 unspecified atom stereocenters. The number of rotatable bonds is 2. The van der Waals surface area contributed by atoms with E-state index in [4.69, 9.17) is 0 Å². The molecule has 0 aliphatic carbocycles. The Hall–Kier alpha value is -0.620. The van der Waals surface area contributed by atoms with Crippen LogP contribution in [0.3, 0.4) is 0 Å². The van der Waals surface area contributed by atoms with Gasteiger partial charge in [0, 0.05) is 22.7 Å². The summed E-state index contributed by atoms with van der Waals surface area (Å²) in [5.74, 6) is 0.160. The van der Waals surface area contributed by atoms with E-state index in [2.05, 4.69) is 47.7 Å². The fourth-order valence-electron chi connectivity index (χ4n) is 1.91. The van der Waals surface area contributed by atoms with E-state index >= 15 is 0 Å². The van der Waals surface area contributed by atoms with Crippen molar-refractivity contribution in [3.63, 3.8) is 0 Å². The minimum absolute atomic E-state index is 0.160. The van der Waals surface area contributed by atoms with Crippen LogP contribution in [0.15, 0.2) is 18.2 Å². The Morgan fingerprint density at radius 2 is 2.06 bits per heavy atom. The number of carbonyl (C=O) groups is 1. The molecule has 0 bridgehead atoms. The summed E-state index contributed by atoms with van der Waals surface area (Å²) in [6.45, 7) is 3.73. The van der Waals surface area contributed by atoms with Crippen LogP contribution in [-0.4, -0.2) is 48.9 Å². The molecule has 2 rings (SSSR count). The molecular weight excluding hydrogens is 327 g/mol. The van der Waals surface area contributed by atoms with Crippen molar-refractivity contribution < 1.29 is 4.79 Å². The van der Waals surface area contributed by atoms with Crippen LogP contribution in [0.1, 0.15) is 15.9 Å². The summed E-state index contributed by atoms with van der Waals surface area (Å²) < 4.78 is 1.04. The van der Waals surface area contributed by atoms with Gasteiger partial charge in [0.25, 0.3) is 5.91 Å². The summed E-state index contributed by atoms with van der Waals surface area (Å²) in [7, 11) is 4.12. The normalized spacial score (nSPS) is 16.2. The van der Waals surface area contributed by atoms with Gasteiger partial charge in [0.15, 0.2) is 0 Å². The second kappa shape index (κ2) is 4.94. The van der Waals surface area contributed by atoms with Crippen LogP contribution in [0.25, 0.3) is 0 Å². The number of carbonyl (C=O) groups excluding carboxylic acids is 1. The molecule has 3 nitrogen and oxygen atoms in total. The van der Waals surface area contributed by atoms with E-state index in [0.717, 1.165) is 22.2 Å². The molecule has 1 aliphatic heterocycles. The van der Waals surface area contributed by atoms with Crippen molar-refractivity contribution in [3.8, 4) is 0 Å². The average Bonchev–Trinajstić information content (AvgIpc) is 2.13. The molecule has 92 valence electrons. The fraction of sp³-hybridized carbons (Fsp3) is 0.462. The lowest BCUT2D eigenvalue weighted by atomic mass is 10.1. The lowest BCUT2D eigenvalue weighted by molar-refractivity contribution is 0.0398. The molecule has 1 saturated heterocycles. The highest BCUT2D eigenvalue weighted by molar-refractivity contribution is 14.1. The van der Waals surface area contributed by atoms with Crippen molar-refractivity contribution >= 4 is 28.5 Å². The van der Waals surface area contributed by atoms with Crippen LogP contribution in [0, 0.1) is 10.5 Å². The van der Waals surface area contributed by atoms with Crippen molar-refractivity contribution in [3.05, 3.63) is 32.9 Å². The zero-order valence-corrected chi connectivity index (χ0v) is 12.6. The number of amides is 1. The van der Waals surface area contributed by atoms with Crippen LogP contribution in [0.2, 0.25) is 0 Å². The summed E-state index contributed by atoms with van der Waals surface area (Å²) in [6.07, 6.45) is 0. The van der Waals surface area contributed by atoms with Gasteiger partial charge in [-0.15, -0.1) is 0 Å². The minimum Gasteiger partial charge on any atom is -0.335 e. The van der Waals surface area contributed by atoms with E-state index < -0.39 is 0 Å². The molecule has 0 N–H and O–H groups in total. The highest BCUT2D eigenvalue weighted by Gasteiger charge is 2.32. The van der Waals surface area contributed by atoms with E-state index in [1.165, 1.54) is 5.56 Å². The highest BCUT2D eigenvalue weighted by Crippen LogP contribution is 2.20. The number of likely N-dealkylation sites (tertiary alicyclic amines) is 1. The summed E-state index contributed by atoms with van der Waals surface area (Å²) in [5, 5.41) is 0. The quantitative estimate of drug-likeness (QED) is 0.766. The predicted octanol–water partition coefficient (Wildman–Crippen LogP) is 1.99. The fourth-order valence-corrected chi connectivity index (χ4v) is 2.81. The number of benzene rings is 1. The van der Waals surface area contributed by atoms with Gasteiger partial charge in [-0.25, -0.2) is 0 Å². The molecule has 0 radical (unpaired) electrons. The molecule has 0 spiro atoms. The van der Waals surface area contributed by atoms with Crippen molar-refractivity contribution in [1.29, 1.82) is 0 Å². The first-order valence-electron chi connectivity index (χ1n) is 5.71. The number of likely N-dealkylation sites (N-methyl/N-ethyl adjacent to an activating group) is 1. The van der Waals surface area contributed by atoms with Crippen molar-refractivity contribution in [1.82, 2.24) is 9.80 Å². The monoisotopic (exact) mass is 344 g/mol. The van der Waals surface area contributed by atoms with Crippen molar-refractivity contribution in [2.45, 2.75) is 13.0 Å². The third-order valence-electron chi connectivity index (χ3n) is 3.23. The maximum atomic E-state index is 12.2. The summed E-state index contributed by atoms with van der Waals surface area (Å²) in [5.41, 5.74) is 2.02. The molecule has 17 heavy (non-hydrogen) atoms. The molecule has 0 atom stereocenters. The maximum absolute atomic E-state index is 12.2. The second-order valence-electron chi connectivity index (χ2n) is 4.81. The van der Waals surface area contributed by atoms with Crippen LogP contribution in [0.5, 0.6) is 0 Å². The number of hydrogen-bond donors (Lipinski definition) is 0. The summed E-state index contributed by atoms with van der Waals surface area (Å²) >= 11 is 2.24. The molecule has 1 aromatic rings. The first-order valence-corrected chi connectivity index (χ1v) is 6.79. The zero-order chi connectivity index (χ0) is 12.6. The van der Waals surface area contributed by atoms with Crippen LogP contribution >= 0.6 is 22.6 Å². The van der Waals surface area contributed by atoms with Gasteiger partial charge in [-0.1, -0.05) is 11.6 Å². The standard InChI is InChI=1S/C13H17IN2O/c1-9-4-5-11(12(14)6-9)13(17)16-7-10(8-16)15(2)3/h4-6,10H,7-8H2,1-3H3. The summed E-state index contributed by atoms with van der Waals surface area (Å²) in [4.78, 5) is 16.3. The number of hydrogen-bond acceptors (Lipinski definition) is 2. The maximum Gasteiger partial charge on any atom is 0.255 e. The largest absolute Gasteiger partial charge is 0.335 e. The topological polar surface area (TPSA) is 23.6 Å². The minimum atomic E-state index is 0.160. The first kappa shape index (κ1) is 12.8. The Bertz CT molecular complexity index is 439. The lowest BCUT2D eigenvalue weighted by Gasteiger charge is -2.42. The van der Waals surface area contributed by atoms with E-state index in [0.29, 0.717) is 6.04 Å². The number of nitrogens with zero attached hydrogens (tertiary/aromatic N) is 2. The first-order chi connectivity index (χ1) is 7.99. The lowest BCUT2D eigenvalue weighted by Crippen LogP contribution is -2.59. The van der Waals surface area contributed by atoms with Crippen LogP contribution in [-0.2, 0) is 0 Å². The van der Waals surface area contributed by atoms with Crippen LogP contribution < -0.4 is 0 Å². The number of halogens is 1. The number of aryl methyl sites for hydroxylation is 1. The molecule has 1 aromatic carbocycles. The van der Waals surface area contributed by atoms with Gasteiger partial charge in [-0.05, 0) is 55.7 Å². The van der Waals surface area contributed by atoms with Gasteiger partial charge in [-0.2, -0.15) is 0 Å². The third kappa shape index (κ3) is 2.63. The van der Waals surface area contributed by atoms with Crippen molar-refractivity contribution in [2.24, 2.45) is 0 Å². The van der Waals surface area contributed by atoms with Gasteiger partial charge < -0.3 is 9.80 Å². The van der Waals surface area contributed by atoms with Gasteiger partial charge in [-0.3, -0.25) is 4.79 Å². The molecule has 1 aliphatic rings. The van der Waals surface area contributed by atoms with Gasteiger partial charge in [0.2, 0.25) is 0 Å². The summed E-state index contributed by atoms with van der Waals surface area (Å²) in [6, 6.07) is 6.50. The SMILES string of the molecule is Cc1ccc(C(=O)N2CC(N(C)C)C2)c(I)c1. The highest BCUT2D eigenvalue weighted by atomic mass is 127. The molecule has 4 heteroatoms. The Morgan fingerprint density at radius 3 is 2.59 bits per heavy atom. The van der Waals surface area contributed by atoms with E-state index in [-0.39, 0.29) is 5.91 Å². The molecule has 0 saturated carbocycles. The molecule has 1 amide bonds. The molecule has 0 aromatic heterocycles. The van der Waals surface area contributed by atoms with Crippen LogP contribution in [0.4, 0.5) is 0 Å². The van der Waals surface area contributed by atoms with E-state index in [1.807, 2.05) is 24.0 Å². The predicted molar refractivity (Wildman–Crippen MR) is 77.3 cm³/mol. The van der Waals surface area contributed by atoms with Gasteiger partial charge in [0.05, 0.1) is 5.56 Å². The van der Waals surface area contributed by atoms with Crippen molar-refractivity contribution in [2.75, 3.05) is 27.2 Å². The average molecular weight is 344 g/mol. The van der Waals surface area contributed by atoms with E-state index in [9.17, 15) is 4.79 Å². The Kier molecular flexibility index (Phi) is 3.73. The van der Waals surface area contributed by atoms with Gasteiger partial charge >= 0.3 is 0 Å². The van der Waals surface area contributed by atoms with Gasteiger partial charge in [0.1, 0.15) is 0 Å². The smallest absolute Gasteiger partial charge is 0.255 e. The Labute approximate surface area is 116 Å². The molecule has 1 fully saturated rings. The second-order valence-corrected chi connectivity index (χ2v) is 5.97. The zero-order valence-electron chi connectivity index (χ0n) is 10.4. The third-order valence-corrected chi connectivity index (χ3v) is 4.13. The molecular formula is C13H17IN2O.